The Kier molecular flexibility index (Phi) is 15.5. The van der Waals surface area contributed by atoms with Crippen LogP contribution in [0.3, 0.4) is 0 Å². The molecule has 0 saturated carbocycles. The van der Waals surface area contributed by atoms with Crippen LogP contribution in [0, 0.1) is 0 Å². The molecule has 0 aromatic carbocycles. The minimum Gasteiger partial charge on any atom is -0.389 e. The lowest BCUT2D eigenvalue weighted by atomic mass is 10.2. The van der Waals surface area contributed by atoms with E-state index in [1.165, 1.54) is 37.5 Å². The molecule has 2 rings (SSSR count). The molecule has 2 atom stereocenters. The van der Waals surface area contributed by atoms with Gasteiger partial charge in [0.05, 0.1) is 11.5 Å². The summed E-state index contributed by atoms with van der Waals surface area (Å²) in [6.07, 6.45) is 1.75. The lowest BCUT2D eigenvalue weighted by Crippen LogP contribution is -2.06. The molecule has 14 heteroatoms. The summed E-state index contributed by atoms with van der Waals surface area (Å²) in [6, 6.07) is 5.11. The van der Waals surface area contributed by atoms with Crippen LogP contribution in [0.15, 0.2) is 36.7 Å². The van der Waals surface area contributed by atoms with Gasteiger partial charge in [0.25, 0.3) is 0 Å². The molecule has 0 fully saturated rings. The monoisotopic (exact) mass is 572 g/mol. The molecule has 0 bridgehead atoms. The standard InChI is InChI=1S/C8H7Cl2F2N.C8H8ClF2NO.CH4.Cl2OS.2H2/c1-5(9)6-2-3-7(13-4-6)8(10,11)12;1-5(13)6-2-3-7(12-4-6)8(9,10)11;;1-4(2)3;;/h2-5H,1H3;2-5,13H,1H3;1H4;;2*1H/i;;;;2*1+1. The maximum atomic E-state index is 12.5. The summed E-state index contributed by atoms with van der Waals surface area (Å²) in [5.41, 5.74) is 0.185. The average Bonchev–Trinajstić information content (AvgIpc) is 2.60. The topological polar surface area (TPSA) is 63.1 Å². The van der Waals surface area contributed by atoms with Crippen molar-refractivity contribution in [3.63, 3.8) is 0 Å². The smallest absolute Gasteiger partial charge is 0.364 e. The van der Waals surface area contributed by atoms with Gasteiger partial charge in [0.15, 0.2) is 0 Å². The maximum Gasteiger partial charge on any atom is 0.364 e. The minimum atomic E-state index is -3.45. The lowest BCUT2D eigenvalue weighted by molar-refractivity contribution is 0.0893. The fraction of sp³-hybridized carbons (Fsp3) is 0.412. The third-order valence-corrected chi connectivity index (χ3v) is 3.73. The highest BCUT2D eigenvalue weighted by Crippen LogP contribution is 2.32. The predicted molar refractivity (Wildman–Crippen MR) is 124 cm³/mol. The Balaban J connectivity index is -0.000000203. The number of pyridine rings is 2. The van der Waals surface area contributed by atoms with Crippen molar-refractivity contribution in [2.24, 2.45) is 0 Å². The van der Waals surface area contributed by atoms with Gasteiger partial charge in [-0.15, -0.1) is 11.6 Å². The van der Waals surface area contributed by atoms with Gasteiger partial charge in [-0.1, -0.05) is 19.6 Å². The van der Waals surface area contributed by atoms with Crippen molar-refractivity contribution in [3.05, 3.63) is 59.2 Å². The molecule has 0 spiro atoms. The minimum absolute atomic E-state index is 0. The van der Waals surface area contributed by atoms with E-state index in [0.717, 1.165) is 6.07 Å². The van der Waals surface area contributed by atoms with E-state index in [1.54, 1.807) is 6.92 Å². The normalized spacial score (nSPS) is 13.1. The van der Waals surface area contributed by atoms with Crippen molar-refractivity contribution in [1.29, 1.82) is 0 Å². The summed E-state index contributed by atoms with van der Waals surface area (Å²) < 4.78 is 58.9. The van der Waals surface area contributed by atoms with Crippen molar-refractivity contribution in [3.8, 4) is 0 Å². The first-order valence-electron chi connectivity index (χ1n) is 7.68. The number of aliphatic hydroxyl groups is 1. The van der Waals surface area contributed by atoms with E-state index in [-0.39, 0.29) is 15.7 Å². The van der Waals surface area contributed by atoms with Crippen LogP contribution < -0.4 is 0 Å². The molecule has 2 unspecified atom stereocenters. The SMILES string of the molecule is C.CC(Cl)c1ccc(C(F)(F)Cl)nc1.CC(O)c1ccc(C(F)(F)Cl)nc1.O=S(Cl)Cl.[2HH].[2HH]. The highest BCUT2D eigenvalue weighted by atomic mass is 36.0. The number of rotatable bonds is 4. The second kappa shape index (κ2) is 14.7. The summed E-state index contributed by atoms with van der Waals surface area (Å²) in [5.74, 6) is 0. The van der Waals surface area contributed by atoms with Gasteiger partial charge < -0.3 is 5.11 Å². The van der Waals surface area contributed by atoms with Gasteiger partial charge in [-0.25, -0.2) is 4.21 Å². The Labute approximate surface area is 207 Å². The molecule has 4 nitrogen and oxygen atoms in total. The summed E-state index contributed by atoms with van der Waals surface area (Å²) in [4.78, 5) is 6.93. The first-order chi connectivity index (χ1) is 13.6. The third-order valence-electron chi connectivity index (χ3n) is 3.10. The van der Waals surface area contributed by atoms with Gasteiger partial charge in [0, 0.05) is 36.6 Å². The van der Waals surface area contributed by atoms with Gasteiger partial charge in [-0.3, -0.25) is 9.97 Å². The van der Waals surface area contributed by atoms with E-state index in [4.69, 9.17) is 44.1 Å². The van der Waals surface area contributed by atoms with Crippen LogP contribution >= 0.6 is 56.2 Å². The van der Waals surface area contributed by atoms with Gasteiger partial charge >= 0.3 is 10.8 Å². The zero-order chi connectivity index (χ0) is 23.7. The lowest BCUT2D eigenvalue weighted by Gasteiger charge is -2.08. The fourth-order valence-electron chi connectivity index (χ4n) is 1.63. The number of nitrogens with zero attached hydrogens (tertiary/aromatic N) is 2. The van der Waals surface area contributed by atoms with Crippen molar-refractivity contribution >= 4 is 65.4 Å². The Morgan fingerprint density at radius 1 is 0.935 bits per heavy atom. The second-order valence-corrected chi connectivity index (χ2v) is 9.55. The van der Waals surface area contributed by atoms with E-state index in [2.05, 4.69) is 31.3 Å². The zero-order valence-corrected chi connectivity index (χ0v) is 19.8. The first kappa shape index (κ1) is 32.8. The quantitative estimate of drug-likeness (QED) is 0.227. The molecular weight excluding hydrogens is 550 g/mol. The van der Waals surface area contributed by atoms with Crippen molar-refractivity contribution in [1.82, 2.24) is 9.97 Å². The summed E-state index contributed by atoms with van der Waals surface area (Å²) in [5, 5.41) is 1.96. The molecule has 2 heterocycles. The summed E-state index contributed by atoms with van der Waals surface area (Å²) in [6.45, 7) is 3.26. The zero-order valence-electron chi connectivity index (χ0n) is 15.2. The van der Waals surface area contributed by atoms with Crippen LogP contribution in [0.25, 0.3) is 0 Å². The molecule has 2 aromatic rings. The molecule has 182 valence electrons. The predicted octanol–water partition coefficient (Wildman–Crippen LogP) is 8.26. The fourth-order valence-corrected chi connectivity index (χ4v) is 1.98. The Morgan fingerprint density at radius 2 is 1.26 bits per heavy atom. The third kappa shape index (κ3) is 14.4. The number of aliphatic hydroxyl groups excluding tert-OH is 1. The van der Waals surface area contributed by atoms with Gasteiger partial charge in [0.1, 0.15) is 11.4 Å². The van der Waals surface area contributed by atoms with Gasteiger partial charge in [-0.05, 0) is 60.3 Å². The highest BCUT2D eigenvalue weighted by molar-refractivity contribution is 8.26. The van der Waals surface area contributed by atoms with E-state index >= 15 is 0 Å². The Bertz CT molecular complexity index is 732. The Hall–Kier alpha value is -0.420. The van der Waals surface area contributed by atoms with Crippen LogP contribution in [0.4, 0.5) is 17.6 Å². The molecule has 0 saturated heterocycles. The number of halogens is 9. The number of alkyl halides is 7. The maximum absolute atomic E-state index is 12.5. The van der Waals surface area contributed by atoms with Crippen LogP contribution in [-0.2, 0) is 20.0 Å². The van der Waals surface area contributed by atoms with E-state index in [9.17, 15) is 17.6 Å². The van der Waals surface area contributed by atoms with Crippen molar-refractivity contribution in [2.45, 2.75) is 43.5 Å². The highest BCUT2D eigenvalue weighted by Gasteiger charge is 2.30. The van der Waals surface area contributed by atoms with E-state index < -0.39 is 37.5 Å². The first-order valence-corrected chi connectivity index (χ1v) is 11.7. The van der Waals surface area contributed by atoms with Gasteiger partial charge in [-0.2, -0.15) is 17.6 Å². The summed E-state index contributed by atoms with van der Waals surface area (Å²) in [7, 11) is 7.36. The van der Waals surface area contributed by atoms with Crippen LogP contribution in [-0.4, -0.2) is 19.3 Å². The Morgan fingerprint density at radius 3 is 1.45 bits per heavy atom. The van der Waals surface area contributed by atoms with E-state index in [1.807, 2.05) is 0 Å². The van der Waals surface area contributed by atoms with Crippen molar-refractivity contribution < 1.29 is 29.7 Å². The number of hydrogen-bond donors (Lipinski definition) is 1. The molecule has 0 amide bonds. The van der Waals surface area contributed by atoms with E-state index in [0.29, 0.717) is 11.1 Å². The number of hydrogen-bond acceptors (Lipinski definition) is 4. The average molecular weight is 575 g/mol. The molecule has 0 aliphatic heterocycles. The van der Waals surface area contributed by atoms with Crippen molar-refractivity contribution in [2.75, 3.05) is 0 Å². The van der Waals surface area contributed by atoms with Crippen LogP contribution in [0.5, 0.6) is 0 Å². The summed E-state index contributed by atoms with van der Waals surface area (Å²) >= 11 is 15.2. The molecule has 0 radical (unpaired) electrons. The van der Waals surface area contributed by atoms with Crippen LogP contribution in [0.2, 0.25) is 0 Å². The van der Waals surface area contributed by atoms with Gasteiger partial charge in [0.2, 0.25) is 9.23 Å². The van der Waals surface area contributed by atoms with Crippen LogP contribution in [0.1, 0.15) is 58.1 Å². The molecular formula is C17H23Cl5F4N2O2S. The molecule has 2 aromatic heterocycles. The molecule has 0 aliphatic carbocycles. The largest absolute Gasteiger partial charge is 0.389 e. The number of aromatic nitrogens is 2. The molecule has 1 N–H and O–H groups in total. The molecule has 31 heavy (non-hydrogen) atoms. The second-order valence-electron chi connectivity index (χ2n) is 5.43. The molecule has 0 aliphatic rings.